The van der Waals surface area contributed by atoms with Gasteiger partial charge in [-0.3, -0.25) is 9.78 Å². The molecule has 5 heteroatoms. The molecule has 5 nitrogen and oxygen atoms in total. The second-order valence-corrected chi connectivity index (χ2v) is 5.38. The third-order valence-electron chi connectivity index (χ3n) is 3.99. The van der Waals surface area contributed by atoms with E-state index in [0.29, 0.717) is 18.8 Å². The van der Waals surface area contributed by atoms with Crippen molar-refractivity contribution in [3.63, 3.8) is 0 Å². The van der Waals surface area contributed by atoms with Crippen LogP contribution in [0, 0.1) is 0 Å². The highest BCUT2D eigenvalue weighted by Gasteiger charge is 2.14. The molecule has 0 bridgehead atoms. The maximum absolute atomic E-state index is 12.3. The highest BCUT2D eigenvalue weighted by atomic mass is 16.2. The summed E-state index contributed by atoms with van der Waals surface area (Å²) in [6.07, 6.45) is 4.34. The molecule has 2 rings (SSSR count). The SMILES string of the molecule is CCN(CC)C(=O)c1cc(NCCN2CCCC2)ccn1. The standard InChI is InChI=1S/C16H26N4O/c1-3-20(4-2)16(21)15-13-14(7-8-18-15)17-9-12-19-10-5-6-11-19/h7-8,13H,3-6,9-12H2,1-2H3,(H,17,18). The van der Waals surface area contributed by atoms with E-state index in [1.165, 1.54) is 25.9 Å². The highest BCUT2D eigenvalue weighted by Crippen LogP contribution is 2.11. The number of hydrogen-bond donors (Lipinski definition) is 1. The number of pyridine rings is 1. The largest absolute Gasteiger partial charge is 0.384 e. The van der Waals surface area contributed by atoms with E-state index in [2.05, 4.69) is 15.2 Å². The van der Waals surface area contributed by atoms with Crippen molar-refractivity contribution >= 4 is 11.6 Å². The van der Waals surface area contributed by atoms with Gasteiger partial charge in [-0.1, -0.05) is 0 Å². The summed E-state index contributed by atoms with van der Waals surface area (Å²) in [5.74, 6) is 0.00296. The number of hydrogen-bond acceptors (Lipinski definition) is 4. The van der Waals surface area contributed by atoms with Crippen molar-refractivity contribution < 1.29 is 4.79 Å². The molecular weight excluding hydrogens is 264 g/mol. The van der Waals surface area contributed by atoms with E-state index in [4.69, 9.17) is 0 Å². The summed E-state index contributed by atoms with van der Waals surface area (Å²) in [7, 11) is 0. The molecule has 0 atom stereocenters. The number of anilines is 1. The molecule has 116 valence electrons. The van der Waals surface area contributed by atoms with E-state index in [9.17, 15) is 4.79 Å². The summed E-state index contributed by atoms with van der Waals surface area (Å²) < 4.78 is 0. The van der Waals surface area contributed by atoms with Gasteiger partial charge in [0.1, 0.15) is 5.69 Å². The molecule has 0 unspecified atom stereocenters. The Kier molecular flexibility index (Phi) is 5.99. The molecule has 1 aliphatic heterocycles. The molecule has 0 aliphatic carbocycles. The van der Waals surface area contributed by atoms with Crippen molar-refractivity contribution in [1.29, 1.82) is 0 Å². The van der Waals surface area contributed by atoms with Crippen molar-refractivity contribution in [1.82, 2.24) is 14.8 Å². The predicted octanol–water partition coefficient (Wildman–Crippen LogP) is 2.07. The Morgan fingerprint density at radius 3 is 2.71 bits per heavy atom. The molecule has 0 aromatic carbocycles. The lowest BCUT2D eigenvalue weighted by Gasteiger charge is -2.18. The summed E-state index contributed by atoms with van der Waals surface area (Å²) in [5.41, 5.74) is 1.49. The fraction of sp³-hybridized carbons (Fsp3) is 0.625. The topological polar surface area (TPSA) is 48.5 Å². The van der Waals surface area contributed by atoms with Gasteiger partial charge in [-0.25, -0.2) is 0 Å². The smallest absolute Gasteiger partial charge is 0.272 e. The summed E-state index contributed by atoms with van der Waals surface area (Å²) in [5, 5.41) is 3.39. The molecular formula is C16H26N4O. The van der Waals surface area contributed by atoms with E-state index in [1.807, 2.05) is 26.0 Å². The molecule has 1 aromatic heterocycles. The normalized spacial score (nSPS) is 15.1. The van der Waals surface area contributed by atoms with Gasteiger partial charge in [0, 0.05) is 38.1 Å². The predicted molar refractivity (Wildman–Crippen MR) is 85.7 cm³/mol. The molecule has 1 fully saturated rings. The van der Waals surface area contributed by atoms with Gasteiger partial charge in [0.05, 0.1) is 0 Å². The Labute approximate surface area is 127 Å². The quantitative estimate of drug-likeness (QED) is 0.835. The minimum Gasteiger partial charge on any atom is -0.384 e. The number of amides is 1. The van der Waals surface area contributed by atoms with Crippen LogP contribution >= 0.6 is 0 Å². The fourth-order valence-electron chi connectivity index (χ4n) is 2.69. The van der Waals surface area contributed by atoms with Crippen molar-refractivity contribution in [2.24, 2.45) is 0 Å². The van der Waals surface area contributed by atoms with Crippen LogP contribution in [-0.2, 0) is 0 Å². The number of rotatable bonds is 7. The van der Waals surface area contributed by atoms with Gasteiger partial charge in [-0.2, -0.15) is 0 Å². The summed E-state index contributed by atoms with van der Waals surface area (Å²) >= 11 is 0. The first-order valence-electron chi connectivity index (χ1n) is 7.96. The first kappa shape index (κ1) is 15.8. The second kappa shape index (κ2) is 7.98. The van der Waals surface area contributed by atoms with Crippen molar-refractivity contribution in [2.45, 2.75) is 26.7 Å². The van der Waals surface area contributed by atoms with Crippen LogP contribution in [0.3, 0.4) is 0 Å². The zero-order valence-electron chi connectivity index (χ0n) is 13.1. The number of nitrogens with one attached hydrogen (secondary N) is 1. The van der Waals surface area contributed by atoms with Crippen molar-refractivity contribution in [3.8, 4) is 0 Å². The first-order chi connectivity index (χ1) is 10.2. The van der Waals surface area contributed by atoms with E-state index in [0.717, 1.165) is 18.8 Å². The average Bonchev–Trinajstić information content (AvgIpc) is 3.02. The fourth-order valence-corrected chi connectivity index (χ4v) is 2.69. The van der Waals surface area contributed by atoms with E-state index in [-0.39, 0.29) is 5.91 Å². The Morgan fingerprint density at radius 2 is 2.05 bits per heavy atom. The lowest BCUT2D eigenvalue weighted by atomic mass is 10.2. The molecule has 0 spiro atoms. The Bertz CT molecular complexity index is 453. The molecule has 0 saturated carbocycles. The number of carbonyl (C=O) groups excluding carboxylic acids is 1. The van der Waals surface area contributed by atoms with E-state index >= 15 is 0 Å². The summed E-state index contributed by atoms with van der Waals surface area (Å²) in [6, 6.07) is 3.77. The maximum atomic E-state index is 12.3. The van der Waals surface area contributed by atoms with Gasteiger partial charge in [-0.05, 0) is 51.9 Å². The molecule has 1 aromatic rings. The molecule has 1 N–H and O–H groups in total. The Hall–Kier alpha value is -1.62. The highest BCUT2D eigenvalue weighted by molar-refractivity contribution is 5.93. The van der Waals surface area contributed by atoms with E-state index in [1.54, 1.807) is 11.1 Å². The third-order valence-corrected chi connectivity index (χ3v) is 3.99. The lowest BCUT2D eigenvalue weighted by Crippen LogP contribution is -2.31. The number of aromatic nitrogens is 1. The van der Waals surface area contributed by atoms with Gasteiger partial charge in [0.25, 0.3) is 5.91 Å². The molecule has 1 aliphatic rings. The molecule has 2 heterocycles. The van der Waals surface area contributed by atoms with Crippen LogP contribution in [0.15, 0.2) is 18.3 Å². The van der Waals surface area contributed by atoms with Crippen molar-refractivity contribution in [3.05, 3.63) is 24.0 Å². The maximum Gasteiger partial charge on any atom is 0.272 e. The Morgan fingerprint density at radius 1 is 1.33 bits per heavy atom. The van der Waals surface area contributed by atoms with Gasteiger partial charge < -0.3 is 15.1 Å². The minimum atomic E-state index is 0.00296. The zero-order chi connectivity index (χ0) is 15.1. The van der Waals surface area contributed by atoms with Gasteiger partial charge >= 0.3 is 0 Å². The lowest BCUT2D eigenvalue weighted by molar-refractivity contribution is 0.0767. The summed E-state index contributed by atoms with van der Waals surface area (Å²) in [6.45, 7) is 9.78. The Balaban J connectivity index is 1.89. The monoisotopic (exact) mass is 290 g/mol. The number of likely N-dealkylation sites (tertiary alicyclic amines) is 1. The van der Waals surface area contributed by atoms with Crippen LogP contribution in [0.5, 0.6) is 0 Å². The van der Waals surface area contributed by atoms with Gasteiger partial charge in [0.15, 0.2) is 0 Å². The van der Waals surface area contributed by atoms with Crippen LogP contribution in [0.1, 0.15) is 37.2 Å². The third kappa shape index (κ3) is 4.43. The zero-order valence-corrected chi connectivity index (χ0v) is 13.1. The molecule has 1 amide bonds. The van der Waals surface area contributed by atoms with Crippen LogP contribution in [0.25, 0.3) is 0 Å². The van der Waals surface area contributed by atoms with E-state index < -0.39 is 0 Å². The molecule has 1 saturated heterocycles. The summed E-state index contributed by atoms with van der Waals surface area (Å²) in [4.78, 5) is 20.7. The molecule has 21 heavy (non-hydrogen) atoms. The first-order valence-corrected chi connectivity index (χ1v) is 7.96. The number of nitrogens with zero attached hydrogens (tertiary/aromatic N) is 3. The van der Waals surface area contributed by atoms with Gasteiger partial charge in [-0.15, -0.1) is 0 Å². The van der Waals surface area contributed by atoms with Crippen LogP contribution in [0.4, 0.5) is 5.69 Å². The van der Waals surface area contributed by atoms with Gasteiger partial charge in [0.2, 0.25) is 0 Å². The number of carbonyl (C=O) groups is 1. The van der Waals surface area contributed by atoms with Crippen LogP contribution in [0.2, 0.25) is 0 Å². The molecule has 0 radical (unpaired) electrons. The van der Waals surface area contributed by atoms with Crippen LogP contribution < -0.4 is 5.32 Å². The van der Waals surface area contributed by atoms with Crippen molar-refractivity contribution in [2.75, 3.05) is 44.6 Å². The minimum absolute atomic E-state index is 0.00296. The average molecular weight is 290 g/mol. The van der Waals surface area contributed by atoms with Crippen LogP contribution in [-0.4, -0.2) is 60.0 Å². The second-order valence-electron chi connectivity index (χ2n) is 5.38.